The fourth-order valence-corrected chi connectivity index (χ4v) is 3.32. The van der Waals surface area contributed by atoms with Gasteiger partial charge in [-0.3, -0.25) is 4.68 Å². The van der Waals surface area contributed by atoms with Crippen molar-refractivity contribution in [3.8, 4) is 5.75 Å². The number of anilines is 2. The van der Waals surface area contributed by atoms with Crippen molar-refractivity contribution in [2.24, 2.45) is 7.05 Å². The average Bonchev–Trinajstić information content (AvgIpc) is 2.84. The fourth-order valence-electron chi connectivity index (χ4n) is 2.48. The molecule has 2 amide bonds. The molecule has 3 aromatic rings. The Morgan fingerprint density at radius 2 is 2.04 bits per heavy atom. The lowest BCUT2D eigenvalue weighted by atomic mass is 10.2. The number of ether oxygens (including phenoxy) is 1. The van der Waals surface area contributed by atoms with Crippen molar-refractivity contribution in [2.75, 3.05) is 17.7 Å². The van der Waals surface area contributed by atoms with Crippen LogP contribution in [0.2, 0.25) is 5.02 Å². The van der Waals surface area contributed by atoms with Crippen LogP contribution in [-0.2, 0) is 7.05 Å². The van der Waals surface area contributed by atoms with Crippen LogP contribution in [0.15, 0.2) is 34.8 Å². The number of nitrogens with zero attached hydrogens (tertiary/aromatic N) is 2. The Morgan fingerprint density at radius 1 is 1.28 bits per heavy atom. The summed E-state index contributed by atoms with van der Waals surface area (Å²) in [6.45, 7) is 2.00. The van der Waals surface area contributed by atoms with Gasteiger partial charge >= 0.3 is 6.03 Å². The number of urea groups is 1. The van der Waals surface area contributed by atoms with Gasteiger partial charge in [0.2, 0.25) is 0 Å². The molecular weight excluding hydrogens is 408 g/mol. The van der Waals surface area contributed by atoms with Crippen LogP contribution in [0.5, 0.6) is 5.75 Å². The molecule has 0 spiro atoms. The van der Waals surface area contributed by atoms with E-state index in [9.17, 15) is 4.79 Å². The van der Waals surface area contributed by atoms with Crippen LogP contribution in [0.1, 0.15) is 5.69 Å². The van der Waals surface area contributed by atoms with E-state index in [-0.39, 0.29) is 0 Å². The number of carbonyl (C=O) groups is 1. The van der Waals surface area contributed by atoms with E-state index >= 15 is 0 Å². The normalized spacial score (nSPS) is 10.8. The van der Waals surface area contributed by atoms with Crippen molar-refractivity contribution in [2.45, 2.75) is 6.92 Å². The summed E-state index contributed by atoms with van der Waals surface area (Å²) in [5, 5.41) is 11.4. The summed E-state index contributed by atoms with van der Waals surface area (Å²) in [4.78, 5) is 12.3. The van der Waals surface area contributed by atoms with Gasteiger partial charge in [0.25, 0.3) is 0 Å². The molecule has 0 aliphatic rings. The highest BCUT2D eigenvalue weighted by molar-refractivity contribution is 9.10. The summed E-state index contributed by atoms with van der Waals surface area (Å²) in [5.41, 5.74) is 2.98. The minimum atomic E-state index is -0.404. The van der Waals surface area contributed by atoms with E-state index in [1.54, 1.807) is 19.2 Å². The summed E-state index contributed by atoms with van der Waals surface area (Å²) in [5.74, 6) is 0.574. The number of hydrogen-bond donors (Lipinski definition) is 2. The van der Waals surface area contributed by atoms with Gasteiger partial charge in [0.05, 0.1) is 27.8 Å². The number of rotatable bonds is 3. The molecular formula is C17H16BrClN4O2. The number of nitrogens with one attached hydrogen (secondary N) is 2. The lowest BCUT2D eigenvalue weighted by Gasteiger charge is -2.11. The van der Waals surface area contributed by atoms with Crippen LogP contribution in [0, 0.1) is 6.92 Å². The fraction of sp³-hybridized carbons (Fsp3) is 0.176. The molecule has 6 nitrogen and oxygen atoms in total. The number of aryl methyl sites for hydroxylation is 2. The Kier molecular flexibility index (Phi) is 4.87. The number of aromatic nitrogens is 2. The van der Waals surface area contributed by atoms with Gasteiger partial charge in [0.1, 0.15) is 5.75 Å². The molecule has 0 fully saturated rings. The van der Waals surface area contributed by atoms with Crippen molar-refractivity contribution in [3.63, 3.8) is 0 Å². The monoisotopic (exact) mass is 422 g/mol. The Bertz CT molecular complexity index is 971. The SMILES string of the molecule is COc1cc(NC(=O)Nc2ccc3c(C)n(C)nc3c2)c(Cl)cc1Br. The third kappa shape index (κ3) is 3.57. The van der Waals surface area contributed by atoms with Crippen LogP contribution in [0.25, 0.3) is 10.9 Å². The molecule has 0 saturated heterocycles. The Morgan fingerprint density at radius 3 is 2.76 bits per heavy atom. The number of amides is 2. The first kappa shape index (κ1) is 17.6. The number of fused-ring (bicyclic) bond motifs is 1. The zero-order chi connectivity index (χ0) is 18.1. The van der Waals surface area contributed by atoms with Crippen molar-refractivity contribution in [1.82, 2.24) is 9.78 Å². The molecule has 1 heterocycles. The Labute approximate surface area is 158 Å². The van der Waals surface area contributed by atoms with E-state index in [0.29, 0.717) is 26.6 Å². The van der Waals surface area contributed by atoms with Gasteiger partial charge in [-0.2, -0.15) is 5.10 Å². The number of carbonyl (C=O) groups excluding carboxylic acids is 1. The molecule has 130 valence electrons. The van der Waals surface area contributed by atoms with Crippen molar-refractivity contribution < 1.29 is 9.53 Å². The van der Waals surface area contributed by atoms with Crippen molar-refractivity contribution in [1.29, 1.82) is 0 Å². The maximum absolute atomic E-state index is 12.3. The first-order chi connectivity index (χ1) is 11.9. The minimum absolute atomic E-state index is 0.402. The minimum Gasteiger partial charge on any atom is -0.495 e. The van der Waals surface area contributed by atoms with Gasteiger partial charge in [-0.05, 0) is 47.1 Å². The standard InChI is InChI=1S/C17H16BrClN4O2/c1-9-11-5-4-10(6-14(11)22-23(9)2)20-17(24)21-15-8-16(25-3)12(18)7-13(15)19/h4-8H,1-3H3,(H2,20,21,24). The number of hydrogen-bond acceptors (Lipinski definition) is 3. The molecule has 0 aliphatic heterocycles. The second-order valence-corrected chi connectivity index (χ2v) is 6.75. The molecule has 2 aromatic carbocycles. The summed E-state index contributed by atoms with van der Waals surface area (Å²) < 4.78 is 7.73. The molecule has 0 unspecified atom stereocenters. The highest BCUT2D eigenvalue weighted by Gasteiger charge is 2.12. The second-order valence-electron chi connectivity index (χ2n) is 5.49. The number of methoxy groups -OCH3 is 1. The summed E-state index contributed by atoms with van der Waals surface area (Å²) in [6.07, 6.45) is 0. The van der Waals surface area contributed by atoms with E-state index in [1.807, 2.05) is 36.9 Å². The summed E-state index contributed by atoms with van der Waals surface area (Å²) in [7, 11) is 3.43. The first-order valence-corrected chi connectivity index (χ1v) is 8.60. The van der Waals surface area contributed by atoms with Crippen molar-refractivity contribution >= 4 is 55.8 Å². The zero-order valence-electron chi connectivity index (χ0n) is 13.9. The second kappa shape index (κ2) is 6.93. The van der Waals surface area contributed by atoms with Gasteiger partial charge in [-0.25, -0.2) is 4.79 Å². The van der Waals surface area contributed by atoms with Gasteiger partial charge in [0, 0.05) is 29.9 Å². The maximum atomic E-state index is 12.3. The highest BCUT2D eigenvalue weighted by Crippen LogP contribution is 2.34. The Balaban J connectivity index is 1.79. The van der Waals surface area contributed by atoms with Crippen LogP contribution >= 0.6 is 27.5 Å². The van der Waals surface area contributed by atoms with Gasteiger partial charge in [-0.15, -0.1) is 0 Å². The lowest BCUT2D eigenvalue weighted by Crippen LogP contribution is -2.19. The van der Waals surface area contributed by atoms with Gasteiger partial charge in [-0.1, -0.05) is 11.6 Å². The first-order valence-electron chi connectivity index (χ1n) is 7.43. The lowest BCUT2D eigenvalue weighted by molar-refractivity contribution is 0.262. The smallest absolute Gasteiger partial charge is 0.323 e. The zero-order valence-corrected chi connectivity index (χ0v) is 16.2. The number of halogens is 2. The van der Waals surface area contributed by atoms with E-state index in [1.165, 1.54) is 0 Å². The predicted octanol–water partition coefficient (Wildman–Crippen LogP) is 4.95. The topological polar surface area (TPSA) is 68.2 Å². The number of benzene rings is 2. The quantitative estimate of drug-likeness (QED) is 0.626. The van der Waals surface area contributed by atoms with E-state index in [0.717, 1.165) is 16.6 Å². The maximum Gasteiger partial charge on any atom is 0.323 e. The molecule has 0 radical (unpaired) electrons. The highest BCUT2D eigenvalue weighted by atomic mass is 79.9. The van der Waals surface area contributed by atoms with Gasteiger partial charge < -0.3 is 15.4 Å². The predicted molar refractivity (Wildman–Crippen MR) is 104 cm³/mol. The molecule has 0 saturated carbocycles. The summed E-state index contributed by atoms with van der Waals surface area (Å²) >= 11 is 9.51. The van der Waals surface area contributed by atoms with E-state index < -0.39 is 6.03 Å². The summed E-state index contributed by atoms with van der Waals surface area (Å²) in [6, 6.07) is 8.50. The molecule has 1 aromatic heterocycles. The third-order valence-electron chi connectivity index (χ3n) is 3.88. The average molecular weight is 424 g/mol. The van der Waals surface area contributed by atoms with E-state index in [2.05, 4.69) is 31.7 Å². The largest absolute Gasteiger partial charge is 0.495 e. The molecule has 0 bridgehead atoms. The molecule has 25 heavy (non-hydrogen) atoms. The van der Waals surface area contributed by atoms with Crippen LogP contribution in [0.3, 0.4) is 0 Å². The molecule has 8 heteroatoms. The third-order valence-corrected chi connectivity index (χ3v) is 4.81. The molecule has 3 rings (SSSR count). The van der Waals surface area contributed by atoms with Crippen LogP contribution in [-0.4, -0.2) is 22.9 Å². The van der Waals surface area contributed by atoms with Crippen LogP contribution in [0.4, 0.5) is 16.2 Å². The molecule has 2 N–H and O–H groups in total. The van der Waals surface area contributed by atoms with Crippen molar-refractivity contribution in [3.05, 3.63) is 45.5 Å². The van der Waals surface area contributed by atoms with Gasteiger partial charge in [0.15, 0.2) is 0 Å². The Hall–Kier alpha value is -2.25. The molecule has 0 aliphatic carbocycles. The van der Waals surface area contributed by atoms with E-state index in [4.69, 9.17) is 16.3 Å². The van der Waals surface area contributed by atoms with Crippen LogP contribution < -0.4 is 15.4 Å². The molecule has 0 atom stereocenters.